The Labute approximate surface area is 146 Å². The number of allylic oxidation sites excluding steroid dienone is 2. The Bertz CT molecular complexity index is 716. The second-order valence-electron chi connectivity index (χ2n) is 6.18. The van der Waals surface area contributed by atoms with E-state index in [1.807, 2.05) is 6.07 Å². The van der Waals surface area contributed by atoms with E-state index < -0.39 is 5.92 Å². The van der Waals surface area contributed by atoms with Crippen molar-refractivity contribution in [3.63, 3.8) is 0 Å². The molecule has 1 N–H and O–H groups in total. The molecule has 0 aromatic carbocycles. The predicted octanol–water partition coefficient (Wildman–Crippen LogP) is 3.70. The van der Waals surface area contributed by atoms with Crippen LogP contribution in [0.3, 0.4) is 0 Å². The van der Waals surface area contributed by atoms with Crippen molar-refractivity contribution in [1.29, 1.82) is 0 Å². The number of hydrogen-bond donors (Lipinski definition) is 1. The summed E-state index contributed by atoms with van der Waals surface area (Å²) >= 11 is 1.68. The highest BCUT2D eigenvalue weighted by Gasteiger charge is 2.44. The van der Waals surface area contributed by atoms with E-state index in [1.54, 1.807) is 18.3 Å². The number of Topliss-reactive ketones (excluding diaryl/α,β-unsaturated/α-hetero) is 1. The van der Waals surface area contributed by atoms with E-state index in [9.17, 15) is 9.59 Å². The van der Waals surface area contributed by atoms with Crippen LogP contribution in [-0.2, 0) is 20.7 Å². The number of ketones is 1. The van der Waals surface area contributed by atoms with Gasteiger partial charge in [0.25, 0.3) is 0 Å². The zero-order chi connectivity index (χ0) is 17.3. The molecule has 0 spiro atoms. The molecule has 24 heavy (non-hydrogen) atoms. The van der Waals surface area contributed by atoms with Crippen molar-refractivity contribution in [3.8, 4) is 0 Å². The van der Waals surface area contributed by atoms with Crippen LogP contribution < -0.4 is 5.32 Å². The van der Waals surface area contributed by atoms with Gasteiger partial charge in [0.1, 0.15) is 5.92 Å². The summed E-state index contributed by atoms with van der Waals surface area (Å²) in [4.78, 5) is 27.5. The molecule has 0 saturated carbocycles. The van der Waals surface area contributed by atoms with E-state index in [-0.39, 0.29) is 17.7 Å². The lowest BCUT2D eigenvalue weighted by Crippen LogP contribution is -2.40. The van der Waals surface area contributed by atoms with Crippen molar-refractivity contribution in [3.05, 3.63) is 45.4 Å². The number of thiophene rings is 1. The number of aryl methyl sites for hydroxylation is 1. The van der Waals surface area contributed by atoms with Gasteiger partial charge in [0.2, 0.25) is 0 Å². The minimum Gasteiger partial charge on any atom is -0.465 e. The lowest BCUT2D eigenvalue weighted by Gasteiger charge is -2.37. The lowest BCUT2D eigenvalue weighted by molar-refractivity contribution is -0.147. The first kappa shape index (κ1) is 17.0. The first-order valence-electron chi connectivity index (χ1n) is 8.54. The molecule has 4 nitrogen and oxygen atoms in total. The van der Waals surface area contributed by atoms with Crippen molar-refractivity contribution in [2.75, 3.05) is 6.61 Å². The van der Waals surface area contributed by atoms with Crippen LogP contribution >= 0.6 is 11.3 Å². The highest BCUT2D eigenvalue weighted by atomic mass is 32.1. The number of esters is 1. The summed E-state index contributed by atoms with van der Waals surface area (Å²) in [7, 11) is 0. The van der Waals surface area contributed by atoms with Gasteiger partial charge in [-0.25, -0.2) is 0 Å². The third kappa shape index (κ3) is 2.93. The Hall–Kier alpha value is -1.88. The van der Waals surface area contributed by atoms with E-state index in [4.69, 9.17) is 4.74 Å². The molecule has 2 aliphatic rings. The Morgan fingerprint density at radius 3 is 2.83 bits per heavy atom. The van der Waals surface area contributed by atoms with Gasteiger partial charge in [-0.1, -0.05) is 13.5 Å². The molecule has 5 heteroatoms. The van der Waals surface area contributed by atoms with Crippen LogP contribution in [0.15, 0.2) is 35.7 Å². The van der Waals surface area contributed by atoms with Gasteiger partial charge in [0.15, 0.2) is 5.78 Å². The van der Waals surface area contributed by atoms with Crippen LogP contribution in [-0.4, -0.2) is 18.4 Å². The first-order valence-corrected chi connectivity index (χ1v) is 9.35. The molecule has 0 bridgehead atoms. The standard InChI is InChI=1S/C19H23NO3S/c1-4-12-9-10-15(24-12)18-16(19(22)23-5-2)11(3)20-13-7-6-8-14(21)17(13)18/h9-10,16,18,20H,3-8H2,1-2H3. The molecule has 0 amide bonds. The van der Waals surface area contributed by atoms with Gasteiger partial charge in [0.05, 0.1) is 6.61 Å². The molecule has 3 rings (SSSR count). The molecule has 1 aromatic heterocycles. The van der Waals surface area contributed by atoms with E-state index >= 15 is 0 Å². The summed E-state index contributed by atoms with van der Waals surface area (Å²) < 4.78 is 5.28. The minimum absolute atomic E-state index is 0.141. The molecular weight excluding hydrogens is 322 g/mol. The Kier molecular flexibility index (Phi) is 4.90. The van der Waals surface area contributed by atoms with Crippen molar-refractivity contribution >= 4 is 23.1 Å². The summed E-state index contributed by atoms with van der Waals surface area (Å²) in [5.74, 6) is -0.988. The molecule has 1 aliphatic heterocycles. The SMILES string of the molecule is C=C1NC2=C(C(=O)CCC2)C(c2ccc(CC)s2)C1C(=O)OCC. The number of carbonyl (C=O) groups excluding carboxylic acids is 2. The van der Waals surface area contributed by atoms with Crippen LogP contribution in [0.5, 0.6) is 0 Å². The van der Waals surface area contributed by atoms with Gasteiger partial charge in [0, 0.05) is 39.1 Å². The summed E-state index contributed by atoms with van der Waals surface area (Å²) in [5.41, 5.74) is 2.34. The summed E-state index contributed by atoms with van der Waals surface area (Å²) in [5, 5.41) is 3.23. The fourth-order valence-electron chi connectivity index (χ4n) is 3.56. The summed E-state index contributed by atoms with van der Waals surface area (Å²) in [6, 6.07) is 4.13. The van der Waals surface area contributed by atoms with E-state index in [2.05, 4.69) is 24.9 Å². The van der Waals surface area contributed by atoms with Crippen molar-refractivity contribution in [2.45, 2.75) is 45.4 Å². The van der Waals surface area contributed by atoms with Crippen LogP contribution in [0.25, 0.3) is 0 Å². The average Bonchev–Trinajstić information content (AvgIpc) is 3.02. The van der Waals surface area contributed by atoms with Gasteiger partial charge < -0.3 is 10.1 Å². The minimum atomic E-state index is -0.547. The zero-order valence-electron chi connectivity index (χ0n) is 14.2. The quantitative estimate of drug-likeness (QED) is 0.846. The summed E-state index contributed by atoms with van der Waals surface area (Å²) in [6.45, 7) is 8.29. The van der Waals surface area contributed by atoms with Crippen LogP contribution in [0, 0.1) is 5.92 Å². The Morgan fingerprint density at radius 2 is 2.17 bits per heavy atom. The smallest absolute Gasteiger partial charge is 0.315 e. The number of rotatable bonds is 4. The maximum Gasteiger partial charge on any atom is 0.315 e. The fraction of sp³-hybridized carbons (Fsp3) is 0.474. The zero-order valence-corrected chi connectivity index (χ0v) is 15.0. The van der Waals surface area contributed by atoms with Crippen molar-refractivity contribution in [2.24, 2.45) is 5.92 Å². The van der Waals surface area contributed by atoms with Gasteiger partial charge in [-0.2, -0.15) is 0 Å². The monoisotopic (exact) mass is 345 g/mol. The lowest BCUT2D eigenvalue weighted by atomic mass is 9.74. The topological polar surface area (TPSA) is 55.4 Å². The second kappa shape index (κ2) is 6.93. The fourth-order valence-corrected chi connectivity index (χ4v) is 4.66. The maximum atomic E-state index is 12.6. The van der Waals surface area contributed by atoms with Crippen LogP contribution in [0.1, 0.15) is 48.8 Å². The van der Waals surface area contributed by atoms with E-state index in [0.717, 1.165) is 35.4 Å². The highest BCUT2D eigenvalue weighted by Crippen LogP contribution is 2.46. The first-order chi connectivity index (χ1) is 11.6. The molecule has 1 aromatic rings. The normalized spacial score (nSPS) is 23.8. The average molecular weight is 345 g/mol. The molecule has 0 fully saturated rings. The number of nitrogens with one attached hydrogen (secondary N) is 1. The predicted molar refractivity (Wildman–Crippen MR) is 94.7 cm³/mol. The molecule has 0 radical (unpaired) electrons. The van der Waals surface area contributed by atoms with Crippen LogP contribution in [0.2, 0.25) is 0 Å². The third-order valence-corrected chi connectivity index (χ3v) is 5.98. The second-order valence-corrected chi connectivity index (χ2v) is 7.38. The molecule has 0 saturated heterocycles. The van der Waals surface area contributed by atoms with Gasteiger partial charge in [-0.15, -0.1) is 11.3 Å². The van der Waals surface area contributed by atoms with Crippen LogP contribution in [0.4, 0.5) is 0 Å². The number of ether oxygens (including phenoxy) is 1. The molecule has 2 atom stereocenters. The molecule has 2 unspecified atom stereocenters. The molecule has 2 heterocycles. The van der Waals surface area contributed by atoms with Gasteiger partial charge in [-0.3, -0.25) is 9.59 Å². The molecular formula is C19H23NO3S. The number of hydrogen-bond acceptors (Lipinski definition) is 5. The van der Waals surface area contributed by atoms with Crippen molar-refractivity contribution in [1.82, 2.24) is 5.32 Å². The van der Waals surface area contributed by atoms with Crippen molar-refractivity contribution < 1.29 is 14.3 Å². The third-order valence-electron chi connectivity index (χ3n) is 4.67. The molecule has 128 valence electrons. The number of carbonyl (C=O) groups is 2. The van der Waals surface area contributed by atoms with Gasteiger partial charge in [-0.05, 0) is 38.3 Å². The molecule has 1 aliphatic carbocycles. The Balaban J connectivity index is 2.11. The van der Waals surface area contributed by atoms with Gasteiger partial charge >= 0.3 is 5.97 Å². The van der Waals surface area contributed by atoms with E-state index in [0.29, 0.717) is 18.7 Å². The maximum absolute atomic E-state index is 12.6. The van der Waals surface area contributed by atoms with E-state index in [1.165, 1.54) is 4.88 Å². The Morgan fingerprint density at radius 1 is 1.38 bits per heavy atom. The largest absolute Gasteiger partial charge is 0.465 e. The summed E-state index contributed by atoms with van der Waals surface area (Å²) in [6.07, 6.45) is 3.17. The highest BCUT2D eigenvalue weighted by molar-refractivity contribution is 7.12.